The Kier molecular flexibility index (Phi) is 5.93. The van der Waals surface area contributed by atoms with Gasteiger partial charge < -0.3 is 10.1 Å². The molecule has 0 fully saturated rings. The average Bonchev–Trinajstić information content (AvgIpc) is 2.69. The molecule has 0 saturated carbocycles. The number of rotatable bonds is 7. The highest BCUT2D eigenvalue weighted by Crippen LogP contribution is 2.14. The van der Waals surface area contributed by atoms with Crippen LogP contribution in [0.2, 0.25) is 0 Å². The molecule has 0 aliphatic heterocycles. The van der Waals surface area contributed by atoms with Gasteiger partial charge in [-0.25, -0.2) is 4.39 Å². The lowest BCUT2D eigenvalue weighted by Crippen LogP contribution is -2.25. The maximum atomic E-state index is 12.9. The molecular formula is C21H19FN2O2. The minimum absolute atomic E-state index is 0.147. The van der Waals surface area contributed by atoms with Gasteiger partial charge >= 0.3 is 0 Å². The molecule has 1 N–H and O–H groups in total. The van der Waals surface area contributed by atoms with Crippen molar-refractivity contribution in [3.63, 3.8) is 0 Å². The first-order chi connectivity index (χ1) is 12.7. The van der Waals surface area contributed by atoms with Gasteiger partial charge in [0.15, 0.2) is 0 Å². The van der Waals surface area contributed by atoms with Gasteiger partial charge in [-0.05, 0) is 54.4 Å². The molecule has 0 bridgehead atoms. The Morgan fingerprint density at radius 1 is 1.00 bits per heavy atom. The van der Waals surface area contributed by atoms with Gasteiger partial charge in [-0.2, -0.15) is 0 Å². The molecule has 0 saturated heterocycles. The summed E-state index contributed by atoms with van der Waals surface area (Å²) in [6.07, 6.45) is 4.12. The highest BCUT2D eigenvalue weighted by atomic mass is 19.1. The highest BCUT2D eigenvalue weighted by molar-refractivity contribution is 5.94. The standard InChI is InChI=1S/C21H19FN2O2/c22-19-7-3-16(4-8-19)11-13-24-21(25)18-5-9-20(10-6-18)26-15-17-2-1-12-23-14-17/h1-10,12,14H,11,13,15H2,(H,24,25). The van der Waals surface area contributed by atoms with Crippen LogP contribution in [0.25, 0.3) is 0 Å². The summed E-state index contributed by atoms with van der Waals surface area (Å²) in [4.78, 5) is 16.2. The topological polar surface area (TPSA) is 51.2 Å². The molecule has 26 heavy (non-hydrogen) atoms. The first kappa shape index (κ1) is 17.6. The van der Waals surface area contributed by atoms with Crippen molar-refractivity contribution >= 4 is 5.91 Å². The first-order valence-electron chi connectivity index (χ1n) is 8.35. The van der Waals surface area contributed by atoms with Crippen molar-refractivity contribution in [3.05, 3.63) is 95.6 Å². The van der Waals surface area contributed by atoms with Crippen molar-refractivity contribution in [2.75, 3.05) is 6.54 Å². The lowest BCUT2D eigenvalue weighted by atomic mass is 10.1. The van der Waals surface area contributed by atoms with Crippen molar-refractivity contribution in [1.29, 1.82) is 0 Å². The van der Waals surface area contributed by atoms with Crippen LogP contribution in [0.15, 0.2) is 73.1 Å². The fourth-order valence-electron chi connectivity index (χ4n) is 2.43. The fraction of sp³-hybridized carbons (Fsp3) is 0.143. The van der Waals surface area contributed by atoms with Gasteiger partial charge in [-0.15, -0.1) is 0 Å². The van der Waals surface area contributed by atoms with E-state index in [0.29, 0.717) is 30.9 Å². The molecule has 3 rings (SSSR count). The van der Waals surface area contributed by atoms with E-state index < -0.39 is 0 Å². The van der Waals surface area contributed by atoms with E-state index in [9.17, 15) is 9.18 Å². The second-order valence-electron chi connectivity index (χ2n) is 5.81. The van der Waals surface area contributed by atoms with Gasteiger partial charge in [0.1, 0.15) is 18.2 Å². The van der Waals surface area contributed by atoms with E-state index in [1.54, 1.807) is 48.8 Å². The Morgan fingerprint density at radius 2 is 1.77 bits per heavy atom. The summed E-state index contributed by atoms with van der Waals surface area (Å²) in [6, 6.07) is 17.1. The third kappa shape index (κ3) is 5.14. The Morgan fingerprint density at radius 3 is 2.46 bits per heavy atom. The van der Waals surface area contributed by atoms with Crippen molar-refractivity contribution in [1.82, 2.24) is 10.3 Å². The van der Waals surface area contributed by atoms with Crippen molar-refractivity contribution in [2.24, 2.45) is 0 Å². The van der Waals surface area contributed by atoms with E-state index in [0.717, 1.165) is 11.1 Å². The van der Waals surface area contributed by atoms with Gasteiger partial charge in [-0.1, -0.05) is 18.2 Å². The lowest BCUT2D eigenvalue weighted by molar-refractivity contribution is 0.0954. The van der Waals surface area contributed by atoms with E-state index in [-0.39, 0.29) is 11.7 Å². The number of hydrogen-bond donors (Lipinski definition) is 1. The number of nitrogens with one attached hydrogen (secondary N) is 1. The third-order valence-corrected chi connectivity index (χ3v) is 3.86. The number of carbonyl (C=O) groups excluding carboxylic acids is 1. The molecule has 2 aromatic carbocycles. The monoisotopic (exact) mass is 350 g/mol. The normalized spacial score (nSPS) is 10.3. The molecule has 5 heteroatoms. The van der Waals surface area contributed by atoms with Crippen LogP contribution in [-0.2, 0) is 13.0 Å². The minimum atomic E-state index is -0.261. The Bertz CT molecular complexity index is 834. The lowest BCUT2D eigenvalue weighted by Gasteiger charge is -2.08. The van der Waals surface area contributed by atoms with E-state index in [2.05, 4.69) is 10.3 Å². The summed E-state index contributed by atoms with van der Waals surface area (Å²) < 4.78 is 18.5. The van der Waals surface area contributed by atoms with Gasteiger partial charge in [0, 0.05) is 30.1 Å². The molecule has 3 aromatic rings. The third-order valence-electron chi connectivity index (χ3n) is 3.86. The SMILES string of the molecule is O=C(NCCc1ccc(F)cc1)c1ccc(OCc2cccnc2)cc1. The molecule has 1 amide bonds. The minimum Gasteiger partial charge on any atom is -0.489 e. The number of benzene rings is 2. The van der Waals surface area contributed by atoms with E-state index in [4.69, 9.17) is 4.74 Å². The second-order valence-corrected chi connectivity index (χ2v) is 5.81. The van der Waals surface area contributed by atoms with Gasteiger partial charge in [-0.3, -0.25) is 9.78 Å². The number of nitrogens with zero attached hydrogens (tertiary/aromatic N) is 1. The molecule has 1 aromatic heterocycles. The van der Waals surface area contributed by atoms with Crippen LogP contribution < -0.4 is 10.1 Å². The van der Waals surface area contributed by atoms with Crippen LogP contribution in [-0.4, -0.2) is 17.4 Å². The first-order valence-corrected chi connectivity index (χ1v) is 8.35. The fourth-order valence-corrected chi connectivity index (χ4v) is 2.43. The molecule has 1 heterocycles. The molecular weight excluding hydrogens is 331 g/mol. The predicted molar refractivity (Wildman–Crippen MR) is 97.4 cm³/mol. The number of ether oxygens (including phenoxy) is 1. The van der Waals surface area contributed by atoms with E-state index in [1.807, 2.05) is 12.1 Å². The summed E-state index contributed by atoms with van der Waals surface area (Å²) >= 11 is 0. The number of hydrogen-bond acceptors (Lipinski definition) is 3. The molecule has 0 radical (unpaired) electrons. The quantitative estimate of drug-likeness (QED) is 0.706. The molecule has 0 aliphatic rings. The molecule has 132 valence electrons. The van der Waals surface area contributed by atoms with Gasteiger partial charge in [0.2, 0.25) is 0 Å². The molecule has 0 spiro atoms. The predicted octanol–water partition coefficient (Wildman–Crippen LogP) is 3.77. The number of halogens is 1. The highest BCUT2D eigenvalue weighted by Gasteiger charge is 2.05. The van der Waals surface area contributed by atoms with Crippen LogP contribution in [0.5, 0.6) is 5.75 Å². The zero-order chi connectivity index (χ0) is 18.2. The largest absolute Gasteiger partial charge is 0.489 e. The number of aromatic nitrogens is 1. The number of carbonyl (C=O) groups is 1. The summed E-state index contributed by atoms with van der Waals surface area (Å²) in [5.74, 6) is 0.284. The summed E-state index contributed by atoms with van der Waals surface area (Å²) in [5.41, 5.74) is 2.53. The van der Waals surface area contributed by atoms with Crippen molar-refractivity contribution in [2.45, 2.75) is 13.0 Å². The van der Waals surface area contributed by atoms with Gasteiger partial charge in [0.25, 0.3) is 5.91 Å². The molecule has 0 atom stereocenters. The zero-order valence-corrected chi connectivity index (χ0v) is 14.2. The maximum absolute atomic E-state index is 12.9. The van der Waals surface area contributed by atoms with Gasteiger partial charge in [0.05, 0.1) is 0 Å². The second kappa shape index (κ2) is 8.76. The Labute approximate surface area is 151 Å². The Balaban J connectivity index is 1.46. The summed E-state index contributed by atoms with van der Waals surface area (Å²) in [7, 11) is 0. The molecule has 0 unspecified atom stereocenters. The van der Waals surface area contributed by atoms with Crippen LogP contribution in [0.1, 0.15) is 21.5 Å². The zero-order valence-electron chi connectivity index (χ0n) is 14.2. The number of pyridine rings is 1. The van der Waals surface area contributed by atoms with E-state index >= 15 is 0 Å². The Hall–Kier alpha value is -3.21. The van der Waals surface area contributed by atoms with Crippen LogP contribution in [0.4, 0.5) is 4.39 Å². The van der Waals surface area contributed by atoms with E-state index in [1.165, 1.54) is 12.1 Å². The average molecular weight is 350 g/mol. The smallest absolute Gasteiger partial charge is 0.251 e. The van der Waals surface area contributed by atoms with Crippen LogP contribution in [0.3, 0.4) is 0 Å². The maximum Gasteiger partial charge on any atom is 0.251 e. The van der Waals surface area contributed by atoms with Crippen molar-refractivity contribution in [3.8, 4) is 5.75 Å². The summed E-state index contributed by atoms with van der Waals surface area (Å²) in [6.45, 7) is 0.917. The van der Waals surface area contributed by atoms with Crippen LogP contribution in [0, 0.1) is 5.82 Å². The molecule has 4 nitrogen and oxygen atoms in total. The summed E-state index contributed by atoms with van der Waals surface area (Å²) in [5, 5.41) is 2.86. The van der Waals surface area contributed by atoms with Crippen molar-refractivity contribution < 1.29 is 13.9 Å². The molecule has 0 aliphatic carbocycles. The number of amides is 1. The van der Waals surface area contributed by atoms with Crippen LogP contribution >= 0.6 is 0 Å².